The van der Waals surface area contributed by atoms with Crippen molar-refractivity contribution in [1.29, 1.82) is 0 Å². The number of ether oxygens (including phenoxy) is 1. The van der Waals surface area contributed by atoms with E-state index in [1.165, 1.54) is 30.3 Å². The highest BCUT2D eigenvalue weighted by Crippen LogP contribution is 2.35. The van der Waals surface area contributed by atoms with Crippen LogP contribution < -0.4 is 8.92 Å². The van der Waals surface area contributed by atoms with Crippen LogP contribution in [0.2, 0.25) is 0 Å². The maximum Gasteiger partial charge on any atom is 0.339 e. The van der Waals surface area contributed by atoms with E-state index in [4.69, 9.17) is 8.92 Å². The highest BCUT2D eigenvalue weighted by molar-refractivity contribution is 9.10. The van der Waals surface area contributed by atoms with Crippen LogP contribution in [-0.2, 0) is 10.1 Å². The Kier molecular flexibility index (Phi) is 5.02. The van der Waals surface area contributed by atoms with Gasteiger partial charge in [-0.1, -0.05) is 45.8 Å². The van der Waals surface area contributed by atoms with Gasteiger partial charge in [0, 0.05) is 10.5 Å². The summed E-state index contributed by atoms with van der Waals surface area (Å²) in [6.07, 6.45) is 1.64. The van der Waals surface area contributed by atoms with Gasteiger partial charge in [0.25, 0.3) is 0 Å². The molecule has 29 heavy (non-hydrogen) atoms. The minimum atomic E-state index is -3.99. The lowest BCUT2D eigenvalue weighted by Gasteiger charge is -2.08. The number of carbonyl (C=O) groups excluding carboxylic acids is 1. The molecule has 0 aromatic heterocycles. The topological polar surface area (TPSA) is 69.7 Å². The number of carbonyl (C=O) groups is 1. The van der Waals surface area contributed by atoms with Crippen LogP contribution in [0.4, 0.5) is 0 Å². The van der Waals surface area contributed by atoms with Gasteiger partial charge in [0.1, 0.15) is 16.4 Å². The second-order valence-corrected chi connectivity index (χ2v) is 8.96. The third-order valence-electron chi connectivity index (χ3n) is 4.32. The average Bonchev–Trinajstić information content (AvgIpc) is 2.98. The highest BCUT2D eigenvalue weighted by atomic mass is 79.9. The molecule has 5 nitrogen and oxygen atoms in total. The molecule has 0 bridgehead atoms. The fourth-order valence-corrected chi connectivity index (χ4v) is 4.00. The van der Waals surface area contributed by atoms with Crippen LogP contribution in [0.15, 0.2) is 81.9 Å². The molecular formula is C22H15BrO5S. The van der Waals surface area contributed by atoms with Gasteiger partial charge in [-0.15, -0.1) is 0 Å². The fourth-order valence-electron chi connectivity index (χ4n) is 2.81. The summed E-state index contributed by atoms with van der Waals surface area (Å²) in [5.41, 5.74) is 2.11. The molecule has 0 amide bonds. The standard InChI is InChI=1S/C22H15BrO5S/c1-14-2-9-18(10-3-14)29(25,26)28-17-8-11-19-20(13-17)27-21(22(19)24)12-15-4-6-16(23)7-5-15/h2-13H,1H3. The Morgan fingerprint density at radius 3 is 2.34 bits per heavy atom. The summed E-state index contributed by atoms with van der Waals surface area (Å²) in [5.74, 6) is 0.230. The summed E-state index contributed by atoms with van der Waals surface area (Å²) in [6, 6.07) is 18.1. The summed E-state index contributed by atoms with van der Waals surface area (Å²) in [7, 11) is -3.99. The largest absolute Gasteiger partial charge is 0.452 e. The number of ketones is 1. The van der Waals surface area contributed by atoms with Gasteiger partial charge in [-0.2, -0.15) is 8.42 Å². The van der Waals surface area contributed by atoms with Crippen molar-refractivity contribution in [2.75, 3.05) is 0 Å². The quantitative estimate of drug-likeness (QED) is 0.389. The maximum atomic E-state index is 12.6. The molecule has 0 atom stereocenters. The first-order valence-electron chi connectivity index (χ1n) is 8.67. The lowest BCUT2D eigenvalue weighted by molar-refractivity contribution is 0.101. The van der Waals surface area contributed by atoms with E-state index in [1.54, 1.807) is 18.2 Å². The molecular weight excluding hydrogens is 456 g/mol. The smallest absolute Gasteiger partial charge is 0.339 e. The van der Waals surface area contributed by atoms with Crippen molar-refractivity contribution in [3.63, 3.8) is 0 Å². The number of hydrogen-bond acceptors (Lipinski definition) is 5. The van der Waals surface area contributed by atoms with E-state index in [-0.39, 0.29) is 27.9 Å². The Hall–Kier alpha value is -2.90. The van der Waals surface area contributed by atoms with Crippen LogP contribution >= 0.6 is 15.9 Å². The minimum Gasteiger partial charge on any atom is -0.452 e. The molecule has 3 aromatic rings. The van der Waals surface area contributed by atoms with E-state index >= 15 is 0 Å². The molecule has 0 saturated carbocycles. The van der Waals surface area contributed by atoms with Gasteiger partial charge < -0.3 is 8.92 Å². The van der Waals surface area contributed by atoms with Crippen LogP contribution in [0.25, 0.3) is 6.08 Å². The van der Waals surface area contributed by atoms with Crippen molar-refractivity contribution in [2.45, 2.75) is 11.8 Å². The number of hydrogen-bond donors (Lipinski definition) is 0. The van der Waals surface area contributed by atoms with E-state index in [0.29, 0.717) is 5.56 Å². The Labute approximate surface area is 176 Å². The Morgan fingerprint density at radius 1 is 0.966 bits per heavy atom. The summed E-state index contributed by atoms with van der Waals surface area (Å²) in [4.78, 5) is 12.6. The van der Waals surface area contributed by atoms with Crippen molar-refractivity contribution in [1.82, 2.24) is 0 Å². The second-order valence-electron chi connectivity index (χ2n) is 6.50. The van der Waals surface area contributed by atoms with Crippen molar-refractivity contribution in [3.8, 4) is 11.5 Å². The van der Waals surface area contributed by atoms with Crippen LogP contribution in [0.1, 0.15) is 21.5 Å². The Balaban J connectivity index is 1.59. The minimum absolute atomic E-state index is 0.0522. The lowest BCUT2D eigenvalue weighted by Crippen LogP contribution is -2.09. The van der Waals surface area contributed by atoms with E-state index in [2.05, 4.69) is 15.9 Å². The molecule has 0 N–H and O–H groups in total. The van der Waals surface area contributed by atoms with E-state index in [0.717, 1.165) is 15.6 Å². The first-order chi connectivity index (χ1) is 13.8. The molecule has 1 heterocycles. The van der Waals surface area contributed by atoms with Gasteiger partial charge in [0.2, 0.25) is 5.78 Å². The van der Waals surface area contributed by atoms with Crippen molar-refractivity contribution >= 4 is 37.9 Å². The van der Waals surface area contributed by atoms with Gasteiger partial charge in [0.05, 0.1) is 5.56 Å². The Bertz CT molecular complexity index is 1230. The number of benzene rings is 3. The van der Waals surface area contributed by atoms with Gasteiger partial charge in [-0.05, 0) is 55.0 Å². The third kappa shape index (κ3) is 4.11. The molecule has 3 aromatic carbocycles. The van der Waals surface area contributed by atoms with Crippen molar-refractivity contribution in [3.05, 3.63) is 93.7 Å². The highest BCUT2D eigenvalue weighted by Gasteiger charge is 2.28. The van der Waals surface area contributed by atoms with Crippen LogP contribution in [0.3, 0.4) is 0 Å². The molecule has 0 aliphatic carbocycles. The monoisotopic (exact) mass is 470 g/mol. The molecule has 0 saturated heterocycles. The van der Waals surface area contributed by atoms with E-state index in [1.807, 2.05) is 31.2 Å². The Morgan fingerprint density at radius 2 is 1.66 bits per heavy atom. The molecule has 0 spiro atoms. The number of halogens is 1. The zero-order valence-corrected chi connectivity index (χ0v) is 17.7. The van der Waals surface area contributed by atoms with E-state index in [9.17, 15) is 13.2 Å². The number of aryl methyl sites for hydroxylation is 1. The number of Topliss-reactive ketones (excluding diaryl/α,β-unsaturated/α-hetero) is 1. The normalized spacial score (nSPS) is 14.6. The molecule has 1 aliphatic heterocycles. The maximum absolute atomic E-state index is 12.6. The second kappa shape index (κ2) is 7.50. The van der Waals surface area contributed by atoms with Crippen LogP contribution in [0, 0.1) is 6.92 Å². The molecule has 4 rings (SSSR count). The summed E-state index contributed by atoms with van der Waals surface area (Å²) in [6.45, 7) is 1.87. The lowest BCUT2D eigenvalue weighted by atomic mass is 10.1. The number of fused-ring (bicyclic) bond motifs is 1. The van der Waals surface area contributed by atoms with Gasteiger partial charge in [-0.25, -0.2) is 0 Å². The molecule has 7 heteroatoms. The first-order valence-corrected chi connectivity index (χ1v) is 10.9. The van der Waals surface area contributed by atoms with E-state index < -0.39 is 10.1 Å². The van der Waals surface area contributed by atoms with Crippen molar-refractivity contribution < 1.29 is 22.1 Å². The van der Waals surface area contributed by atoms with Gasteiger partial charge >= 0.3 is 10.1 Å². The fraction of sp³-hybridized carbons (Fsp3) is 0.0455. The average molecular weight is 471 g/mol. The van der Waals surface area contributed by atoms with Gasteiger partial charge in [0.15, 0.2) is 5.76 Å². The molecule has 0 unspecified atom stereocenters. The first kappa shape index (κ1) is 19.4. The van der Waals surface area contributed by atoms with Crippen LogP contribution in [0.5, 0.6) is 11.5 Å². The van der Waals surface area contributed by atoms with Gasteiger partial charge in [-0.3, -0.25) is 4.79 Å². The third-order valence-corrected chi connectivity index (χ3v) is 6.11. The summed E-state index contributed by atoms with van der Waals surface area (Å²) < 4.78 is 36.7. The zero-order chi connectivity index (χ0) is 20.6. The summed E-state index contributed by atoms with van der Waals surface area (Å²) in [5, 5.41) is 0. The number of allylic oxidation sites excluding steroid dienone is 1. The summed E-state index contributed by atoms with van der Waals surface area (Å²) >= 11 is 3.36. The molecule has 1 aliphatic rings. The zero-order valence-electron chi connectivity index (χ0n) is 15.3. The van der Waals surface area contributed by atoms with Crippen molar-refractivity contribution in [2.24, 2.45) is 0 Å². The number of rotatable bonds is 4. The molecule has 0 fully saturated rings. The van der Waals surface area contributed by atoms with Crippen LogP contribution in [-0.4, -0.2) is 14.2 Å². The predicted molar refractivity (Wildman–Crippen MR) is 113 cm³/mol. The SMILES string of the molecule is Cc1ccc(S(=O)(=O)Oc2ccc3c(c2)OC(=Cc2ccc(Br)cc2)C3=O)cc1. The predicted octanol–water partition coefficient (Wildman–Crippen LogP) is 5.14. The molecule has 0 radical (unpaired) electrons. The molecule has 146 valence electrons.